The summed E-state index contributed by atoms with van der Waals surface area (Å²) in [6.07, 6.45) is 6.70. The van der Waals surface area contributed by atoms with Gasteiger partial charge >= 0.3 is 0 Å². The summed E-state index contributed by atoms with van der Waals surface area (Å²) >= 11 is 0. The van der Waals surface area contributed by atoms with E-state index < -0.39 is 10.0 Å². The van der Waals surface area contributed by atoms with Gasteiger partial charge in [0.2, 0.25) is 0 Å². The van der Waals surface area contributed by atoms with Gasteiger partial charge in [-0.1, -0.05) is 36.8 Å². The van der Waals surface area contributed by atoms with E-state index in [1.165, 1.54) is 12.5 Å². The van der Waals surface area contributed by atoms with Crippen molar-refractivity contribution in [3.63, 3.8) is 0 Å². The molecule has 2 aromatic carbocycles. The topological polar surface area (TPSA) is 91.7 Å². The van der Waals surface area contributed by atoms with Crippen molar-refractivity contribution in [2.24, 2.45) is 0 Å². The Balaban J connectivity index is 1.35. The van der Waals surface area contributed by atoms with Crippen LogP contribution in [0.3, 0.4) is 0 Å². The lowest BCUT2D eigenvalue weighted by Crippen LogP contribution is -2.40. The molecule has 1 unspecified atom stereocenters. The summed E-state index contributed by atoms with van der Waals surface area (Å²) in [6, 6.07) is 19.4. The van der Waals surface area contributed by atoms with E-state index in [1.54, 1.807) is 30.5 Å². The van der Waals surface area contributed by atoms with Crippen LogP contribution in [0.15, 0.2) is 82.8 Å². The van der Waals surface area contributed by atoms with Crippen LogP contribution in [0.5, 0.6) is 0 Å². The first-order chi connectivity index (χ1) is 16.5. The number of rotatable bonds is 9. The molecule has 1 atom stereocenters. The number of nitrogens with zero attached hydrogens (tertiary/aromatic N) is 1. The molecule has 2 N–H and O–H groups in total. The maximum absolute atomic E-state index is 12.7. The lowest BCUT2D eigenvalue weighted by molar-refractivity contribution is 0.0914. The molecule has 0 spiro atoms. The number of anilines is 1. The molecule has 1 aromatic heterocycles. The number of sulfonamides is 1. The van der Waals surface area contributed by atoms with Gasteiger partial charge < -0.3 is 9.73 Å². The second-order valence-electron chi connectivity index (χ2n) is 8.28. The van der Waals surface area contributed by atoms with Crippen molar-refractivity contribution >= 4 is 27.7 Å². The van der Waals surface area contributed by atoms with Gasteiger partial charge in [0.05, 0.1) is 17.7 Å². The lowest BCUT2D eigenvalue weighted by atomic mass is 10.1. The average molecular weight is 480 g/mol. The largest absolute Gasteiger partial charge is 0.468 e. The Morgan fingerprint density at radius 2 is 1.71 bits per heavy atom. The number of amides is 1. The van der Waals surface area contributed by atoms with Gasteiger partial charge in [0.25, 0.3) is 15.9 Å². The van der Waals surface area contributed by atoms with Gasteiger partial charge in [-0.2, -0.15) is 0 Å². The van der Waals surface area contributed by atoms with E-state index in [1.807, 2.05) is 42.5 Å². The van der Waals surface area contributed by atoms with Gasteiger partial charge in [-0.3, -0.25) is 14.4 Å². The summed E-state index contributed by atoms with van der Waals surface area (Å²) in [4.78, 5) is 15.1. The monoisotopic (exact) mass is 479 g/mol. The third-order valence-electron chi connectivity index (χ3n) is 5.81. The molecule has 1 amide bonds. The van der Waals surface area contributed by atoms with Crippen molar-refractivity contribution in [2.45, 2.75) is 25.3 Å². The Hall–Kier alpha value is -3.36. The highest BCUT2D eigenvalue weighted by atomic mass is 32.2. The molecule has 1 saturated heterocycles. The fourth-order valence-electron chi connectivity index (χ4n) is 4.03. The molecule has 2 heterocycles. The number of furan rings is 1. The standard InChI is InChI=1S/C26H29N3O4S/c30-26(27-20-24(25-10-7-18-33-25)29-16-5-2-6-17-29)22-11-13-23(14-12-22)28-34(31,32)19-15-21-8-3-1-4-9-21/h1,3-4,7-15,18-19,24,28H,2,5-6,16-17,20H2,(H,27,30)/b19-15+. The predicted molar refractivity (Wildman–Crippen MR) is 134 cm³/mol. The van der Waals surface area contributed by atoms with Crippen molar-refractivity contribution in [3.8, 4) is 0 Å². The number of piperidine rings is 1. The van der Waals surface area contributed by atoms with Crippen molar-refractivity contribution in [1.29, 1.82) is 0 Å². The molecule has 1 aliphatic heterocycles. The Morgan fingerprint density at radius 3 is 2.38 bits per heavy atom. The van der Waals surface area contributed by atoms with Crippen LogP contribution in [-0.4, -0.2) is 38.9 Å². The van der Waals surface area contributed by atoms with E-state index in [0.29, 0.717) is 17.8 Å². The van der Waals surface area contributed by atoms with Gasteiger partial charge in [-0.15, -0.1) is 0 Å². The van der Waals surface area contributed by atoms with E-state index in [4.69, 9.17) is 4.42 Å². The maximum Gasteiger partial charge on any atom is 0.255 e. The summed E-state index contributed by atoms with van der Waals surface area (Å²) in [5.41, 5.74) is 1.63. The molecule has 8 heteroatoms. The minimum Gasteiger partial charge on any atom is -0.468 e. The quantitative estimate of drug-likeness (QED) is 0.466. The van der Waals surface area contributed by atoms with Crippen LogP contribution in [0.1, 0.15) is 47.0 Å². The smallest absolute Gasteiger partial charge is 0.255 e. The number of carbonyl (C=O) groups excluding carboxylic acids is 1. The maximum atomic E-state index is 12.7. The van der Waals surface area contributed by atoms with E-state index in [-0.39, 0.29) is 11.9 Å². The second-order valence-corrected chi connectivity index (χ2v) is 9.84. The summed E-state index contributed by atoms with van der Waals surface area (Å²) in [6.45, 7) is 2.40. The molecule has 0 saturated carbocycles. The molecule has 0 aliphatic carbocycles. The highest BCUT2D eigenvalue weighted by Crippen LogP contribution is 2.24. The number of hydrogen-bond acceptors (Lipinski definition) is 5. The number of benzene rings is 2. The van der Waals surface area contributed by atoms with Crippen LogP contribution in [-0.2, 0) is 10.0 Å². The van der Waals surface area contributed by atoms with E-state index in [9.17, 15) is 13.2 Å². The van der Waals surface area contributed by atoms with Gasteiger partial charge in [-0.25, -0.2) is 8.42 Å². The van der Waals surface area contributed by atoms with Gasteiger partial charge in [-0.05, 0) is 74.0 Å². The fraction of sp³-hybridized carbons (Fsp3) is 0.269. The van der Waals surface area contributed by atoms with E-state index in [0.717, 1.165) is 42.7 Å². The summed E-state index contributed by atoms with van der Waals surface area (Å²) in [5.74, 6) is 0.627. The Morgan fingerprint density at radius 1 is 0.971 bits per heavy atom. The third kappa shape index (κ3) is 6.59. The van der Waals surface area contributed by atoms with Crippen LogP contribution in [0.25, 0.3) is 6.08 Å². The fourth-order valence-corrected chi connectivity index (χ4v) is 4.90. The molecular formula is C26H29N3O4S. The summed E-state index contributed by atoms with van der Waals surface area (Å²) in [5, 5.41) is 4.12. The van der Waals surface area contributed by atoms with Crippen molar-refractivity contribution in [3.05, 3.63) is 95.3 Å². The van der Waals surface area contributed by atoms with Crippen LogP contribution >= 0.6 is 0 Å². The van der Waals surface area contributed by atoms with Crippen LogP contribution in [0, 0.1) is 0 Å². The van der Waals surface area contributed by atoms with Crippen LogP contribution in [0.4, 0.5) is 5.69 Å². The number of nitrogens with one attached hydrogen (secondary N) is 2. The summed E-state index contributed by atoms with van der Waals surface area (Å²) in [7, 11) is -3.67. The van der Waals surface area contributed by atoms with Gasteiger partial charge in [0.1, 0.15) is 5.76 Å². The molecular weight excluding hydrogens is 450 g/mol. The normalized spacial score (nSPS) is 15.8. The highest BCUT2D eigenvalue weighted by Gasteiger charge is 2.25. The predicted octanol–water partition coefficient (Wildman–Crippen LogP) is 4.65. The second kappa shape index (κ2) is 11.2. The zero-order chi connectivity index (χ0) is 23.8. The zero-order valence-corrected chi connectivity index (χ0v) is 19.7. The zero-order valence-electron chi connectivity index (χ0n) is 18.9. The third-order valence-corrected chi connectivity index (χ3v) is 6.82. The van der Waals surface area contributed by atoms with Crippen molar-refractivity contribution < 1.29 is 17.6 Å². The van der Waals surface area contributed by atoms with Crippen molar-refractivity contribution in [2.75, 3.05) is 24.4 Å². The molecule has 34 heavy (non-hydrogen) atoms. The Bertz CT molecular complexity index is 1180. The van der Waals surface area contributed by atoms with Gasteiger partial charge in [0.15, 0.2) is 0 Å². The molecule has 3 aromatic rings. The Labute approximate surface area is 200 Å². The minimum atomic E-state index is -3.67. The first kappa shape index (κ1) is 23.8. The molecule has 7 nitrogen and oxygen atoms in total. The van der Waals surface area contributed by atoms with Crippen LogP contribution in [0.2, 0.25) is 0 Å². The first-order valence-corrected chi connectivity index (χ1v) is 13.0. The van der Waals surface area contributed by atoms with Gasteiger partial charge in [0, 0.05) is 17.8 Å². The van der Waals surface area contributed by atoms with Crippen LogP contribution < -0.4 is 10.0 Å². The average Bonchev–Trinajstić information content (AvgIpc) is 3.39. The van der Waals surface area contributed by atoms with E-state index in [2.05, 4.69) is 14.9 Å². The minimum absolute atomic E-state index is 0.0123. The molecule has 0 bridgehead atoms. The molecule has 4 rings (SSSR count). The molecule has 0 radical (unpaired) electrons. The molecule has 1 fully saturated rings. The Kier molecular flexibility index (Phi) is 7.82. The molecule has 178 valence electrons. The number of likely N-dealkylation sites (tertiary alicyclic amines) is 1. The molecule has 1 aliphatic rings. The number of hydrogen-bond donors (Lipinski definition) is 2. The highest BCUT2D eigenvalue weighted by molar-refractivity contribution is 7.95. The first-order valence-electron chi connectivity index (χ1n) is 11.4. The SMILES string of the molecule is O=C(NCC(c1ccco1)N1CCCCC1)c1ccc(NS(=O)(=O)/C=C/c2ccccc2)cc1. The van der Waals surface area contributed by atoms with E-state index >= 15 is 0 Å². The summed E-state index contributed by atoms with van der Waals surface area (Å²) < 4.78 is 32.8. The number of carbonyl (C=O) groups is 1. The van der Waals surface area contributed by atoms with Crippen molar-refractivity contribution in [1.82, 2.24) is 10.2 Å². The lowest BCUT2D eigenvalue weighted by Gasteiger charge is -2.33.